The van der Waals surface area contributed by atoms with E-state index in [-0.39, 0.29) is 6.04 Å². The monoisotopic (exact) mass is 183 g/mol. The number of aryl methyl sites for hydroxylation is 1. The maximum Gasteiger partial charge on any atom is 0.243 e. The van der Waals surface area contributed by atoms with Gasteiger partial charge in [-0.25, -0.2) is 0 Å². The summed E-state index contributed by atoms with van der Waals surface area (Å²) in [5, 5.41) is 3.81. The van der Waals surface area contributed by atoms with Crippen LogP contribution in [0.5, 0.6) is 0 Å². The van der Waals surface area contributed by atoms with Crippen LogP contribution in [-0.2, 0) is 6.42 Å². The Morgan fingerprint density at radius 1 is 1.46 bits per heavy atom. The fourth-order valence-corrected chi connectivity index (χ4v) is 1.04. The second-order valence-corrected chi connectivity index (χ2v) is 3.31. The van der Waals surface area contributed by atoms with E-state index in [0.29, 0.717) is 11.8 Å². The summed E-state index contributed by atoms with van der Waals surface area (Å²) in [4.78, 5) is 4.19. The number of rotatable bonds is 4. The maximum atomic E-state index is 5.92. The molecule has 74 valence electrons. The van der Waals surface area contributed by atoms with Gasteiger partial charge in [-0.2, -0.15) is 4.98 Å². The SMILES string of the molecule is CCc1noc([C@@H](N)C(C)CC)n1. The van der Waals surface area contributed by atoms with Crippen LogP contribution in [0.3, 0.4) is 0 Å². The van der Waals surface area contributed by atoms with Gasteiger partial charge in [0.2, 0.25) is 5.89 Å². The summed E-state index contributed by atoms with van der Waals surface area (Å²) in [6.45, 7) is 6.17. The van der Waals surface area contributed by atoms with Gasteiger partial charge < -0.3 is 10.3 Å². The molecule has 0 aliphatic carbocycles. The van der Waals surface area contributed by atoms with Crippen LogP contribution >= 0.6 is 0 Å². The molecule has 0 spiro atoms. The molecule has 0 saturated carbocycles. The zero-order valence-corrected chi connectivity index (χ0v) is 8.45. The van der Waals surface area contributed by atoms with Gasteiger partial charge >= 0.3 is 0 Å². The highest BCUT2D eigenvalue weighted by Gasteiger charge is 2.19. The minimum absolute atomic E-state index is 0.127. The van der Waals surface area contributed by atoms with E-state index >= 15 is 0 Å². The largest absolute Gasteiger partial charge is 0.338 e. The third-order valence-corrected chi connectivity index (χ3v) is 2.34. The number of nitrogens with zero attached hydrogens (tertiary/aromatic N) is 2. The summed E-state index contributed by atoms with van der Waals surface area (Å²) in [7, 11) is 0. The molecular weight excluding hydrogens is 166 g/mol. The molecular formula is C9H17N3O. The highest BCUT2D eigenvalue weighted by molar-refractivity contribution is 4.92. The fourth-order valence-electron chi connectivity index (χ4n) is 1.04. The predicted molar refractivity (Wildman–Crippen MR) is 50.1 cm³/mol. The first kappa shape index (κ1) is 10.2. The molecule has 0 amide bonds. The molecule has 2 N–H and O–H groups in total. The summed E-state index contributed by atoms with van der Waals surface area (Å²) in [6.07, 6.45) is 1.81. The summed E-state index contributed by atoms with van der Waals surface area (Å²) < 4.78 is 5.05. The lowest BCUT2D eigenvalue weighted by atomic mass is 10.0. The molecule has 1 rings (SSSR count). The van der Waals surface area contributed by atoms with Gasteiger partial charge in [0.05, 0.1) is 6.04 Å². The molecule has 0 aromatic carbocycles. The Morgan fingerprint density at radius 3 is 2.62 bits per heavy atom. The predicted octanol–water partition coefficient (Wildman–Crippen LogP) is 1.68. The Kier molecular flexibility index (Phi) is 3.42. The van der Waals surface area contributed by atoms with Crippen LogP contribution in [-0.4, -0.2) is 10.1 Å². The Bertz CT molecular complexity index is 259. The van der Waals surface area contributed by atoms with Gasteiger partial charge in [-0.3, -0.25) is 0 Å². The second-order valence-electron chi connectivity index (χ2n) is 3.31. The zero-order chi connectivity index (χ0) is 9.84. The molecule has 2 atom stereocenters. The van der Waals surface area contributed by atoms with Crippen molar-refractivity contribution >= 4 is 0 Å². The summed E-state index contributed by atoms with van der Waals surface area (Å²) >= 11 is 0. The first-order valence-corrected chi connectivity index (χ1v) is 4.77. The van der Waals surface area contributed by atoms with Crippen LogP contribution in [0, 0.1) is 5.92 Å². The number of hydrogen-bond acceptors (Lipinski definition) is 4. The Morgan fingerprint density at radius 2 is 2.15 bits per heavy atom. The van der Waals surface area contributed by atoms with Gasteiger partial charge in [-0.1, -0.05) is 32.3 Å². The van der Waals surface area contributed by atoms with E-state index in [1.54, 1.807) is 0 Å². The molecule has 0 bridgehead atoms. The normalized spacial score (nSPS) is 15.7. The molecule has 1 heterocycles. The van der Waals surface area contributed by atoms with E-state index in [1.165, 1.54) is 0 Å². The van der Waals surface area contributed by atoms with Crippen LogP contribution < -0.4 is 5.73 Å². The molecule has 1 aromatic rings. The standard InChI is InChI=1S/C9H17N3O/c1-4-6(3)8(10)9-11-7(5-2)12-13-9/h6,8H,4-5,10H2,1-3H3/t6?,8-/m0/s1. The molecule has 0 fully saturated rings. The Hall–Kier alpha value is -0.900. The van der Waals surface area contributed by atoms with Gasteiger partial charge in [0, 0.05) is 6.42 Å². The van der Waals surface area contributed by atoms with Crippen LogP contribution in [0.25, 0.3) is 0 Å². The molecule has 0 saturated heterocycles. The van der Waals surface area contributed by atoms with E-state index in [2.05, 4.69) is 24.0 Å². The van der Waals surface area contributed by atoms with E-state index in [0.717, 1.165) is 18.7 Å². The molecule has 4 nitrogen and oxygen atoms in total. The van der Waals surface area contributed by atoms with E-state index < -0.39 is 0 Å². The van der Waals surface area contributed by atoms with Crippen molar-refractivity contribution in [3.8, 4) is 0 Å². The first-order valence-electron chi connectivity index (χ1n) is 4.77. The lowest BCUT2D eigenvalue weighted by Crippen LogP contribution is -2.18. The van der Waals surface area contributed by atoms with Crippen molar-refractivity contribution in [2.45, 2.75) is 39.7 Å². The minimum Gasteiger partial charge on any atom is -0.338 e. The first-order chi connectivity index (χ1) is 6.19. The molecule has 1 unspecified atom stereocenters. The van der Waals surface area contributed by atoms with Gasteiger partial charge in [0.1, 0.15) is 0 Å². The van der Waals surface area contributed by atoms with Crippen molar-refractivity contribution in [2.24, 2.45) is 11.7 Å². The third-order valence-electron chi connectivity index (χ3n) is 2.34. The van der Waals surface area contributed by atoms with Crippen LogP contribution in [0.15, 0.2) is 4.52 Å². The van der Waals surface area contributed by atoms with Crippen molar-refractivity contribution in [1.29, 1.82) is 0 Å². The van der Waals surface area contributed by atoms with Crippen molar-refractivity contribution in [3.05, 3.63) is 11.7 Å². The van der Waals surface area contributed by atoms with Crippen LogP contribution in [0.4, 0.5) is 0 Å². The smallest absolute Gasteiger partial charge is 0.243 e. The summed E-state index contributed by atoms with van der Waals surface area (Å²) in [5.41, 5.74) is 5.92. The third kappa shape index (κ3) is 2.28. The minimum atomic E-state index is -0.127. The number of hydrogen-bond donors (Lipinski definition) is 1. The average Bonchev–Trinajstić information content (AvgIpc) is 2.63. The zero-order valence-electron chi connectivity index (χ0n) is 8.45. The molecule has 13 heavy (non-hydrogen) atoms. The fraction of sp³-hybridized carbons (Fsp3) is 0.778. The molecule has 0 aliphatic rings. The summed E-state index contributed by atoms with van der Waals surface area (Å²) in [5.74, 6) is 1.67. The highest BCUT2D eigenvalue weighted by atomic mass is 16.5. The second kappa shape index (κ2) is 4.37. The lowest BCUT2D eigenvalue weighted by Gasteiger charge is -2.12. The Labute approximate surface area is 78.5 Å². The quantitative estimate of drug-likeness (QED) is 0.771. The molecule has 0 radical (unpaired) electrons. The van der Waals surface area contributed by atoms with Crippen molar-refractivity contribution in [1.82, 2.24) is 10.1 Å². The molecule has 1 aromatic heterocycles. The number of nitrogens with two attached hydrogens (primary N) is 1. The van der Waals surface area contributed by atoms with Gasteiger partial charge in [-0.15, -0.1) is 0 Å². The van der Waals surface area contributed by atoms with Gasteiger partial charge in [-0.05, 0) is 5.92 Å². The molecule has 4 heteroatoms. The average molecular weight is 183 g/mol. The van der Waals surface area contributed by atoms with Crippen LogP contribution in [0.1, 0.15) is 44.9 Å². The summed E-state index contributed by atoms with van der Waals surface area (Å²) in [6, 6.07) is -0.127. The highest BCUT2D eigenvalue weighted by Crippen LogP contribution is 2.19. The van der Waals surface area contributed by atoms with Gasteiger partial charge in [0.15, 0.2) is 5.82 Å². The van der Waals surface area contributed by atoms with Crippen molar-refractivity contribution in [2.75, 3.05) is 0 Å². The topological polar surface area (TPSA) is 64.9 Å². The maximum absolute atomic E-state index is 5.92. The van der Waals surface area contributed by atoms with E-state index in [4.69, 9.17) is 10.3 Å². The van der Waals surface area contributed by atoms with E-state index in [1.807, 2.05) is 6.92 Å². The van der Waals surface area contributed by atoms with Crippen LogP contribution in [0.2, 0.25) is 0 Å². The lowest BCUT2D eigenvalue weighted by molar-refractivity contribution is 0.310. The molecule has 0 aliphatic heterocycles. The number of aromatic nitrogens is 2. The van der Waals surface area contributed by atoms with E-state index in [9.17, 15) is 0 Å². The van der Waals surface area contributed by atoms with Crippen molar-refractivity contribution in [3.63, 3.8) is 0 Å². The van der Waals surface area contributed by atoms with Gasteiger partial charge in [0.25, 0.3) is 0 Å². The Balaban J connectivity index is 2.70. The van der Waals surface area contributed by atoms with Crippen molar-refractivity contribution < 1.29 is 4.52 Å².